The van der Waals surface area contributed by atoms with E-state index in [0.717, 1.165) is 37.6 Å². The van der Waals surface area contributed by atoms with Crippen LogP contribution in [-0.4, -0.2) is 37.5 Å². The normalized spacial score (nSPS) is 11.1. The highest BCUT2D eigenvalue weighted by molar-refractivity contribution is 14.0. The van der Waals surface area contributed by atoms with Crippen molar-refractivity contribution in [3.8, 4) is 0 Å². The van der Waals surface area contributed by atoms with E-state index < -0.39 is 5.82 Å². The van der Waals surface area contributed by atoms with Crippen LogP contribution in [0.3, 0.4) is 0 Å². The van der Waals surface area contributed by atoms with E-state index in [0.29, 0.717) is 18.5 Å². The highest BCUT2D eigenvalue weighted by Crippen LogP contribution is 2.11. The third-order valence-electron chi connectivity index (χ3n) is 3.62. The smallest absolute Gasteiger partial charge is 0.193 e. The van der Waals surface area contributed by atoms with E-state index in [4.69, 9.17) is 0 Å². The van der Waals surface area contributed by atoms with Gasteiger partial charge in [0, 0.05) is 31.6 Å². The van der Waals surface area contributed by atoms with E-state index in [2.05, 4.69) is 26.7 Å². The van der Waals surface area contributed by atoms with Crippen LogP contribution in [0.25, 0.3) is 0 Å². The maximum atomic E-state index is 13.6. The minimum absolute atomic E-state index is 0. The molecule has 0 atom stereocenters. The van der Waals surface area contributed by atoms with E-state index in [-0.39, 0.29) is 29.8 Å². The van der Waals surface area contributed by atoms with Crippen molar-refractivity contribution in [2.75, 3.05) is 26.7 Å². The Bertz CT molecular complexity index is 662. The van der Waals surface area contributed by atoms with Gasteiger partial charge in [-0.3, -0.25) is 4.99 Å². The van der Waals surface area contributed by atoms with Gasteiger partial charge in [0.25, 0.3) is 0 Å². The number of halogens is 3. The standard InChI is InChI=1S/C18H23F2N3S.HI/c1-3-21-18(23(2)11-9-16-5-4-12-24-16)22-10-8-14-13-15(19)6-7-17(14)20;/h4-7,12-13H,3,8-11H2,1-2H3,(H,21,22);1H. The molecule has 1 aromatic heterocycles. The third kappa shape index (κ3) is 7.27. The fourth-order valence-corrected chi connectivity index (χ4v) is 3.02. The highest BCUT2D eigenvalue weighted by Gasteiger charge is 2.07. The van der Waals surface area contributed by atoms with Crippen molar-refractivity contribution in [2.45, 2.75) is 19.8 Å². The average molecular weight is 479 g/mol. The topological polar surface area (TPSA) is 27.6 Å². The summed E-state index contributed by atoms with van der Waals surface area (Å²) in [4.78, 5) is 7.92. The molecule has 2 rings (SSSR count). The number of benzene rings is 1. The van der Waals surface area contributed by atoms with Crippen LogP contribution in [0, 0.1) is 11.6 Å². The Morgan fingerprint density at radius 3 is 2.72 bits per heavy atom. The number of aliphatic imine (C=N–C) groups is 1. The summed E-state index contributed by atoms with van der Waals surface area (Å²) in [6, 6.07) is 7.69. The molecule has 7 heteroatoms. The minimum Gasteiger partial charge on any atom is -0.357 e. The van der Waals surface area contributed by atoms with Gasteiger partial charge in [0.1, 0.15) is 11.6 Å². The minimum atomic E-state index is -0.421. The lowest BCUT2D eigenvalue weighted by molar-refractivity contribution is 0.486. The Balaban J connectivity index is 0.00000312. The average Bonchev–Trinajstić information content (AvgIpc) is 3.08. The zero-order chi connectivity index (χ0) is 17.4. The number of nitrogens with one attached hydrogen (secondary N) is 1. The molecule has 0 aliphatic carbocycles. The highest BCUT2D eigenvalue weighted by atomic mass is 127. The van der Waals surface area contributed by atoms with Crippen molar-refractivity contribution in [1.82, 2.24) is 10.2 Å². The second-order valence-electron chi connectivity index (χ2n) is 5.47. The number of thiophene rings is 1. The molecule has 0 fully saturated rings. The van der Waals surface area contributed by atoms with Crippen LogP contribution in [0.15, 0.2) is 40.7 Å². The van der Waals surface area contributed by atoms with E-state index in [9.17, 15) is 8.78 Å². The number of likely N-dealkylation sites (N-methyl/N-ethyl adjacent to an activating group) is 1. The van der Waals surface area contributed by atoms with Gasteiger partial charge in [0.15, 0.2) is 5.96 Å². The van der Waals surface area contributed by atoms with Crippen LogP contribution >= 0.6 is 35.3 Å². The summed E-state index contributed by atoms with van der Waals surface area (Å²) in [6.45, 7) is 4.03. The second kappa shape index (κ2) is 11.4. The molecule has 1 N–H and O–H groups in total. The van der Waals surface area contributed by atoms with Crippen LogP contribution in [0.2, 0.25) is 0 Å². The third-order valence-corrected chi connectivity index (χ3v) is 4.56. The fraction of sp³-hybridized carbons (Fsp3) is 0.389. The Kier molecular flexibility index (Phi) is 9.96. The largest absolute Gasteiger partial charge is 0.357 e. The van der Waals surface area contributed by atoms with E-state index in [1.54, 1.807) is 11.3 Å². The molecule has 0 aliphatic heterocycles. The van der Waals surface area contributed by atoms with Gasteiger partial charge >= 0.3 is 0 Å². The summed E-state index contributed by atoms with van der Waals surface area (Å²) in [5.41, 5.74) is 0.357. The molecular formula is C18H24F2IN3S. The molecule has 138 valence electrons. The van der Waals surface area contributed by atoms with E-state index >= 15 is 0 Å². The van der Waals surface area contributed by atoms with Crippen molar-refractivity contribution in [3.05, 3.63) is 57.8 Å². The summed E-state index contributed by atoms with van der Waals surface area (Å²) in [5, 5.41) is 5.31. The maximum absolute atomic E-state index is 13.6. The van der Waals surface area contributed by atoms with Crippen molar-refractivity contribution in [3.63, 3.8) is 0 Å². The van der Waals surface area contributed by atoms with Gasteiger partial charge in [-0.15, -0.1) is 35.3 Å². The lowest BCUT2D eigenvalue weighted by Crippen LogP contribution is -2.40. The first kappa shape index (κ1) is 21.8. The maximum Gasteiger partial charge on any atom is 0.193 e. The Morgan fingerprint density at radius 2 is 2.04 bits per heavy atom. The Labute approximate surface area is 169 Å². The monoisotopic (exact) mass is 479 g/mol. The molecule has 25 heavy (non-hydrogen) atoms. The molecule has 0 bridgehead atoms. The Hall–Kier alpha value is -1.22. The van der Waals surface area contributed by atoms with Gasteiger partial charge in [-0.1, -0.05) is 6.07 Å². The van der Waals surface area contributed by atoms with Crippen LogP contribution in [0.5, 0.6) is 0 Å². The lowest BCUT2D eigenvalue weighted by atomic mass is 10.1. The molecule has 0 spiro atoms. The van der Waals surface area contributed by atoms with Crippen molar-refractivity contribution < 1.29 is 8.78 Å². The molecule has 3 nitrogen and oxygen atoms in total. The van der Waals surface area contributed by atoms with Gasteiger partial charge < -0.3 is 10.2 Å². The summed E-state index contributed by atoms with van der Waals surface area (Å²) >= 11 is 1.74. The number of hydrogen-bond donors (Lipinski definition) is 1. The van der Waals surface area contributed by atoms with Gasteiger partial charge in [0.2, 0.25) is 0 Å². The Morgan fingerprint density at radius 1 is 1.24 bits per heavy atom. The number of hydrogen-bond acceptors (Lipinski definition) is 2. The van der Waals surface area contributed by atoms with Crippen LogP contribution in [0.4, 0.5) is 8.78 Å². The van der Waals surface area contributed by atoms with Crippen molar-refractivity contribution in [1.29, 1.82) is 0 Å². The van der Waals surface area contributed by atoms with Crippen molar-refractivity contribution in [2.24, 2.45) is 4.99 Å². The van der Waals surface area contributed by atoms with Gasteiger partial charge in [0.05, 0.1) is 0 Å². The fourth-order valence-electron chi connectivity index (χ4n) is 2.33. The SMILES string of the molecule is CCNC(=NCCc1cc(F)ccc1F)N(C)CCc1cccs1.I. The molecule has 0 saturated heterocycles. The predicted octanol–water partition coefficient (Wildman–Crippen LogP) is 4.33. The molecule has 0 unspecified atom stereocenters. The lowest BCUT2D eigenvalue weighted by Gasteiger charge is -2.21. The first-order valence-electron chi connectivity index (χ1n) is 8.06. The zero-order valence-electron chi connectivity index (χ0n) is 14.5. The number of nitrogens with zero attached hydrogens (tertiary/aromatic N) is 2. The summed E-state index contributed by atoms with van der Waals surface area (Å²) in [6.07, 6.45) is 1.33. The molecule has 0 radical (unpaired) electrons. The molecule has 0 aliphatic rings. The summed E-state index contributed by atoms with van der Waals surface area (Å²) in [7, 11) is 1.98. The first-order chi connectivity index (χ1) is 11.6. The molecule has 1 heterocycles. The van der Waals surface area contributed by atoms with E-state index in [1.807, 2.05) is 20.0 Å². The zero-order valence-corrected chi connectivity index (χ0v) is 17.6. The van der Waals surface area contributed by atoms with E-state index in [1.165, 1.54) is 10.9 Å². The van der Waals surface area contributed by atoms with Gasteiger partial charge in [-0.25, -0.2) is 8.78 Å². The van der Waals surface area contributed by atoms with Gasteiger partial charge in [-0.2, -0.15) is 0 Å². The number of guanidine groups is 1. The molecule has 2 aromatic rings. The molecule has 0 amide bonds. The first-order valence-corrected chi connectivity index (χ1v) is 8.94. The molecule has 1 aromatic carbocycles. The van der Waals surface area contributed by atoms with Crippen molar-refractivity contribution >= 4 is 41.3 Å². The summed E-state index contributed by atoms with van der Waals surface area (Å²) in [5.74, 6) is -0.0242. The molecule has 0 saturated carbocycles. The predicted molar refractivity (Wildman–Crippen MR) is 112 cm³/mol. The van der Waals surface area contributed by atoms with Gasteiger partial charge in [-0.05, 0) is 55.0 Å². The van der Waals surface area contributed by atoms with Crippen LogP contribution < -0.4 is 5.32 Å². The second-order valence-corrected chi connectivity index (χ2v) is 6.50. The summed E-state index contributed by atoms with van der Waals surface area (Å²) < 4.78 is 26.8. The quantitative estimate of drug-likeness (QED) is 0.364. The molecular weight excluding hydrogens is 455 g/mol. The van der Waals surface area contributed by atoms with Crippen LogP contribution in [-0.2, 0) is 12.8 Å². The van der Waals surface area contributed by atoms with Crippen LogP contribution in [0.1, 0.15) is 17.4 Å². The number of rotatable bonds is 7.